The number of carbonyl (C=O) groups excluding carboxylic acids is 3. The van der Waals surface area contributed by atoms with Crippen molar-refractivity contribution in [1.29, 1.82) is 5.41 Å². The zero-order valence-electron chi connectivity index (χ0n) is 15.4. The average molecular weight is 372 g/mol. The number of rotatable bonds is 3. The van der Waals surface area contributed by atoms with Gasteiger partial charge in [0.2, 0.25) is 11.8 Å². The third-order valence-electron chi connectivity index (χ3n) is 4.65. The largest absolute Gasteiger partial charge is 0.468 e. The molecule has 2 unspecified atom stereocenters. The minimum absolute atomic E-state index is 0.0395. The number of methoxy groups -OCH3 is 1. The van der Waals surface area contributed by atoms with Crippen LogP contribution < -0.4 is 5.32 Å². The van der Waals surface area contributed by atoms with E-state index in [9.17, 15) is 14.4 Å². The third-order valence-corrected chi connectivity index (χ3v) is 4.65. The number of para-hydroxylation sites is 1. The molecular formula is C19H20N2O6. The van der Waals surface area contributed by atoms with E-state index in [1.54, 1.807) is 38.1 Å². The van der Waals surface area contributed by atoms with Crippen molar-refractivity contribution in [3.8, 4) is 0 Å². The lowest BCUT2D eigenvalue weighted by atomic mass is 9.64. The second-order valence-electron chi connectivity index (χ2n) is 6.62. The van der Waals surface area contributed by atoms with E-state index in [0.29, 0.717) is 11.3 Å². The number of benzene rings is 1. The molecular weight excluding hydrogens is 352 g/mol. The van der Waals surface area contributed by atoms with Crippen LogP contribution in [0.15, 0.2) is 35.6 Å². The van der Waals surface area contributed by atoms with Crippen LogP contribution in [0.25, 0.3) is 0 Å². The van der Waals surface area contributed by atoms with Crippen LogP contribution in [-0.4, -0.2) is 37.0 Å². The van der Waals surface area contributed by atoms with Crippen LogP contribution in [0.2, 0.25) is 0 Å². The van der Waals surface area contributed by atoms with Crippen molar-refractivity contribution in [1.82, 2.24) is 0 Å². The summed E-state index contributed by atoms with van der Waals surface area (Å²) >= 11 is 0. The molecule has 0 saturated carbocycles. The zero-order valence-corrected chi connectivity index (χ0v) is 15.4. The van der Waals surface area contributed by atoms with Crippen LogP contribution in [0.5, 0.6) is 0 Å². The highest BCUT2D eigenvalue weighted by Gasteiger charge is 2.65. The summed E-state index contributed by atoms with van der Waals surface area (Å²) in [5.41, 5.74) is -1.05. The molecule has 1 aromatic rings. The number of ether oxygens (including phenoxy) is 3. The standard InChI is InChI=1S/C19H20N2O6/c1-9(2)26-17(23)13-10(3)27-15(20)14(16(22)25-4)19(13)11-7-5-6-8-12(11)21-18(19)24/h5-9,14,20H,1-4H3,(H,21,24). The Morgan fingerprint density at radius 2 is 1.96 bits per heavy atom. The maximum absolute atomic E-state index is 13.2. The quantitative estimate of drug-likeness (QED) is 0.783. The van der Waals surface area contributed by atoms with E-state index in [-0.39, 0.29) is 11.3 Å². The summed E-state index contributed by atoms with van der Waals surface area (Å²) in [4.78, 5) is 38.7. The molecule has 0 radical (unpaired) electrons. The molecule has 0 fully saturated rings. The van der Waals surface area contributed by atoms with Crippen molar-refractivity contribution in [2.45, 2.75) is 32.3 Å². The maximum Gasteiger partial charge on any atom is 0.339 e. The number of nitrogens with one attached hydrogen (secondary N) is 2. The number of hydrogen-bond donors (Lipinski definition) is 2. The molecule has 142 valence electrons. The maximum atomic E-state index is 13.2. The SMILES string of the molecule is COC(=O)C1C(=N)OC(C)=C(C(=O)OC(C)C)C12C(=O)Nc1ccccc12. The van der Waals surface area contributed by atoms with Crippen molar-refractivity contribution in [3.63, 3.8) is 0 Å². The van der Waals surface area contributed by atoms with Gasteiger partial charge in [-0.25, -0.2) is 4.79 Å². The van der Waals surface area contributed by atoms with Gasteiger partial charge in [0.1, 0.15) is 11.2 Å². The summed E-state index contributed by atoms with van der Waals surface area (Å²) in [7, 11) is 1.15. The molecule has 2 atom stereocenters. The highest BCUT2D eigenvalue weighted by molar-refractivity contribution is 6.21. The molecule has 2 N–H and O–H groups in total. The van der Waals surface area contributed by atoms with Gasteiger partial charge in [0.05, 0.1) is 18.8 Å². The lowest BCUT2D eigenvalue weighted by molar-refractivity contribution is -0.150. The molecule has 0 saturated heterocycles. The molecule has 2 aliphatic rings. The Bertz CT molecular complexity index is 888. The summed E-state index contributed by atoms with van der Waals surface area (Å²) in [6.07, 6.45) is -0.451. The molecule has 0 bridgehead atoms. The van der Waals surface area contributed by atoms with E-state index < -0.39 is 41.2 Å². The first-order valence-corrected chi connectivity index (χ1v) is 8.42. The van der Waals surface area contributed by atoms with Gasteiger partial charge in [-0.2, -0.15) is 0 Å². The van der Waals surface area contributed by atoms with Crippen molar-refractivity contribution >= 4 is 29.4 Å². The Balaban J connectivity index is 2.36. The smallest absolute Gasteiger partial charge is 0.339 e. The summed E-state index contributed by atoms with van der Waals surface area (Å²) < 4.78 is 15.5. The fraction of sp³-hybridized carbons (Fsp3) is 0.368. The fourth-order valence-electron chi connectivity index (χ4n) is 3.69. The van der Waals surface area contributed by atoms with Crippen molar-refractivity contribution < 1.29 is 28.6 Å². The number of amides is 1. The average Bonchev–Trinajstić information content (AvgIpc) is 2.86. The first-order valence-electron chi connectivity index (χ1n) is 8.42. The van der Waals surface area contributed by atoms with Gasteiger partial charge in [0.25, 0.3) is 0 Å². The van der Waals surface area contributed by atoms with E-state index in [1.807, 2.05) is 0 Å². The summed E-state index contributed by atoms with van der Waals surface area (Å²) in [5, 5.41) is 10.9. The molecule has 0 aromatic heterocycles. The Morgan fingerprint density at radius 3 is 2.59 bits per heavy atom. The fourth-order valence-corrected chi connectivity index (χ4v) is 3.69. The Hall–Kier alpha value is -3.16. The van der Waals surface area contributed by atoms with Crippen LogP contribution in [-0.2, 0) is 34.0 Å². The molecule has 0 aliphatic carbocycles. The number of allylic oxidation sites excluding steroid dienone is 1. The molecule has 1 spiro atoms. The Kier molecular flexibility index (Phi) is 4.51. The molecule has 3 rings (SSSR count). The van der Waals surface area contributed by atoms with Crippen LogP contribution in [0.3, 0.4) is 0 Å². The Morgan fingerprint density at radius 1 is 1.30 bits per heavy atom. The predicted octanol–water partition coefficient (Wildman–Crippen LogP) is 1.90. The minimum Gasteiger partial charge on any atom is -0.468 e. The van der Waals surface area contributed by atoms with E-state index >= 15 is 0 Å². The van der Waals surface area contributed by atoms with Crippen molar-refractivity contribution in [2.75, 3.05) is 12.4 Å². The molecule has 8 nitrogen and oxygen atoms in total. The van der Waals surface area contributed by atoms with Crippen molar-refractivity contribution in [2.24, 2.45) is 5.92 Å². The monoisotopic (exact) mass is 372 g/mol. The highest BCUT2D eigenvalue weighted by Crippen LogP contribution is 2.52. The second-order valence-corrected chi connectivity index (χ2v) is 6.62. The predicted molar refractivity (Wildman–Crippen MR) is 95.0 cm³/mol. The normalized spacial score (nSPS) is 23.8. The van der Waals surface area contributed by atoms with Gasteiger partial charge in [0.15, 0.2) is 5.92 Å². The minimum atomic E-state index is -1.80. The van der Waals surface area contributed by atoms with Crippen LogP contribution >= 0.6 is 0 Å². The van der Waals surface area contributed by atoms with Crippen LogP contribution in [0, 0.1) is 11.3 Å². The van der Waals surface area contributed by atoms with Gasteiger partial charge in [-0.05, 0) is 32.4 Å². The molecule has 2 heterocycles. The van der Waals surface area contributed by atoms with E-state index in [4.69, 9.17) is 19.6 Å². The zero-order chi connectivity index (χ0) is 19.9. The first-order chi connectivity index (χ1) is 12.7. The second kappa shape index (κ2) is 6.53. The topological polar surface area (TPSA) is 115 Å². The lowest BCUT2D eigenvalue weighted by Crippen LogP contribution is -2.55. The number of carbonyl (C=O) groups is 3. The lowest BCUT2D eigenvalue weighted by Gasteiger charge is -2.39. The summed E-state index contributed by atoms with van der Waals surface area (Å²) in [6, 6.07) is 6.71. The summed E-state index contributed by atoms with van der Waals surface area (Å²) in [6.45, 7) is 4.81. The van der Waals surface area contributed by atoms with Gasteiger partial charge in [0, 0.05) is 5.69 Å². The molecule has 1 aromatic carbocycles. The summed E-state index contributed by atoms with van der Waals surface area (Å²) in [5.74, 6) is -4.12. The van der Waals surface area contributed by atoms with Gasteiger partial charge in [-0.15, -0.1) is 0 Å². The molecule has 1 amide bonds. The Labute approximate surface area is 156 Å². The third kappa shape index (κ3) is 2.59. The number of esters is 2. The molecule has 8 heteroatoms. The number of hydrogen-bond acceptors (Lipinski definition) is 7. The van der Waals surface area contributed by atoms with E-state index in [0.717, 1.165) is 7.11 Å². The molecule has 2 aliphatic heterocycles. The van der Waals surface area contributed by atoms with E-state index in [1.165, 1.54) is 6.92 Å². The van der Waals surface area contributed by atoms with Gasteiger partial charge in [-0.3, -0.25) is 15.0 Å². The van der Waals surface area contributed by atoms with E-state index in [2.05, 4.69) is 5.32 Å². The van der Waals surface area contributed by atoms with Gasteiger partial charge >= 0.3 is 11.9 Å². The van der Waals surface area contributed by atoms with Crippen molar-refractivity contribution in [3.05, 3.63) is 41.2 Å². The number of anilines is 1. The molecule has 27 heavy (non-hydrogen) atoms. The highest BCUT2D eigenvalue weighted by atomic mass is 16.5. The number of fused-ring (bicyclic) bond motifs is 2. The van der Waals surface area contributed by atoms with Gasteiger partial charge < -0.3 is 19.5 Å². The van der Waals surface area contributed by atoms with Crippen LogP contribution in [0.4, 0.5) is 5.69 Å². The van der Waals surface area contributed by atoms with Gasteiger partial charge in [-0.1, -0.05) is 18.2 Å². The first kappa shape index (κ1) is 18.6. The van der Waals surface area contributed by atoms with Crippen LogP contribution in [0.1, 0.15) is 26.3 Å².